The van der Waals surface area contributed by atoms with Crippen molar-refractivity contribution in [2.24, 2.45) is 0 Å². The summed E-state index contributed by atoms with van der Waals surface area (Å²) >= 11 is 0. The van der Waals surface area contributed by atoms with Crippen molar-refractivity contribution in [3.63, 3.8) is 0 Å². The molecule has 0 bridgehead atoms. The van der Waals surface area contributed by atoms with Crippen LogP contribution in [0.15, 0.2) is 18.2 Å². The van der Waals surface area contributed by atoms with Gasteiger partial charge in [-0.1, -0.05) is 44.9 Å². The van der Waals surface area contributed by atoms with Gasteiger partial charge in [-0.2, -0.15) is 0 Å². The van der Waals surface area contributed by atoms with Gasteiger partial charge in [0.2, 0.25) is 0 Å². The van der Waals surface area contributed by atoms with Crippen LogP contribution in [0.2, 0.25) is 0 Å². The quantitative estimate of drug-likeness (QED) is 0.798. The van der Waals surface area contributed by atoms with Crippen molar-refractivity contribution in [2.45, 2.75) is 45.6 Å². The minimum atomic E-state index is -1.42. The Kier molecular flexibility index (Phi) is 5.16. The monoisotopic (exact) mass is 236 g/mol. The van der Waals surface area contributed by atoms with Crippen LogP contribution in [0.1, 0.15) is 49.5 Å². The molecule has 0 amide bonds. The maximum absolute atomic E-state index is 10.7. The topological polar surface area (TPSA) is 57.5 Å². The third-order valence-electron chi connectivity index (χ3n) is 2.82. The van der Waals surface area contributed by atoms with E-state index >= 15 is 0 Å². The molecular weight excluding hydrogens is 216 g/mol. The summed E-state index contributed by atoms with van der Waals surface area (Å²) in [4.78, 5) is 10.7. The lowest BCUT2D eigenvalue weighted by atomic mass is 9.95. The van der Waals surface area contributed by atoms with Crippen molar-refractivity contribution in [3.05, 3.63) is 34.9 Å². The van der Waals surface area contributed by atoms with Gasteiger partial charge in [0.15, 0.2) is 6.10 Å². The maximum Gasteiger partial charge on any atom is 0.337 e. The van der Waals surface area contributed by atoms with Gasteiger partial charge in [0.1, 0.15) is 0 Å². The molecule has 2 N–H and O–H groups in total. The second kappa shape index (κ2) is 6.40. The third kappa shape index (κ3) is 3.56. The van der Waals surface area contributed by atoms with Gasteiger partial charge in [0.25, 0.3) is 0 Å². The van der Waals surface area contributed by atoms with E-state index in [4.69, 9.17) is 5.11 Å². The van der Waals surface area contributed by atoms with Crippen molar-refractivity contribution in [1.29, 1.82) is 0 Å². The van der Waals surface area contributed by atoms with Gasteiger partial charge < -0.3 is 10.2 Å². The summed E-state index contributed by atoms with van der Waals surface area (Å²) in [6.07, 6.45) is 2.59. The van der Waals surface area contributed by atoms with Gasteiger partial charge in [-0.05, 0) is 29.5 Å². The standard InChI is InChI=1S/C14H20O3/c1-3-5-10-7-8-12(13(15)14(16)17)9-11(10)6-4-2/h7-9,13,15H,3-6H2,1-2H3,(H,16,17)/t13-/m1/s1. The van der Waals surface area contributed by atoms with E-state index in [0.29, 0.717) is 5.56 Å². The van der Waals surface area contributed by atoms with E-state index in [1.807, 2.05) is 12.1 Å². The first-order chi connectivity index (χ1) is 8.10. The first-order valence-electron chi connectivity index (χ1n) is 6.12. The SMILES string of the molecule is CCCc1ccc([C@@H](O)C(=O)O)cc1CCC. The summed E-state index contributed by atoms with van der Waals surface area (Å²) in [5.74, 6) is -1.20. The van der Waals surface area contributed by atoms with Crippen molar-refractivity contribution >= 4 is 5.97 Å². The van der Waals surface area contributed by atoms with Crippen LogP contribution < -0.4 is 0 Å². The minimum Gasteiger partial charge on any atom is -0.479 e. The highest BCUT2D eigenvalue weighted by molar-refractivity contribution is 5.74. The fraction of sp³-hybridized carbons (Fsp3) is 0.500. The molecule has 0 heterocycles. The van der Waals surface area contributed by atoms with Crippen LogP contribution in [0.3, 0.4) is 0 Å². The molecule has 0 saturated heterocycles. The molecule has 0 saturated carbocycles. The molecule has 0 radical (unpaired) electrons. The van der Waals surface area contributed by atoms with Crippen molar-refractivity contribution in [1.82, 2.24) is 0 Å². The Morgan fingerprint density at radius 1 is 1.18 bits per heavy atom. The van der Waals surface area contributed by atoms with E-state index in [1.165, 1.54) is 5.56 Å². The summed E-state index contributed by atoms with van der Waals surface area (Å²) in [5, 5.41) is 18.3. The molecule has 0 aliphatic rings. The predicted molar refractivity (Wildman–Crippen MR) is 67.0 cm³/mol. The predicted octanol–water partition coefficient (Wildman–Crippen LogP) is 2.71. The fourth-order valence-corrected chi connectivity index (χ4v) is 1.97. The van der Waals surface area contributed by atoms with E-state index in [0.717, 1.165) is 31.2 Å². The summed E-state index contributed by atoms with van der Waals surface area (Å²) < 4.78 is 0. The van der Waals surface area contributed by atoms with Gasteiger partial charge in [-0.15, -0.1) is 0 Å². The van der Waals surface area contributed by atoms with Gasteiger partial charge >= 0.3 is 5.97 Å². The molecule has 1 aromatic carbocycles. The van der Waals surface area contributed by atoms with E-state index in [9.17, 15) is 9.90 Å². The number of carboxylic acids is 1. The highest BCUT2D eigenvalue weighted by Gasteiger charge is 2.16. The Balaban J connectivity index is 3.04. The molecule has 1 rings (SSSR count). The van der Waals surface area contributed by atoms with Gasteiger partial charge in [0, 0.05) is 0 Å². The zero-order valence-corrected chi connectivity index (χ0v) is 10.4. The van der Waals surface area contributed by atoms with Crippen molar-refractivity contribution < 1.29 is 15.0 Å². The normalized spacial score (nSPS) is 12.4. The number of rotatable bonds is 6. The molecule has 0 aliphatic heterocycles. The molecule has 3 heteroatoms. The molecule has 17 heavy (non-hydrogen) atoms. The Labute approximate surface area is 102 Å². The van der Waals surface area contributed by atoms with Crippen LogP contribution in [0.4, 0.5) is 0 Å². The van der Waals surface area contributed by atoms with E-state index in [2.05, 4.69) is 13.8 Å². The molecule has 0 spiro atoms. The molecule has 0 fully saturated rings. The van der Waals surface area contributed by atoms with Gasteiger partial charge in [-0.3, -0.25) is 0 Å². The molecular formula is C14H20O3. The van der Waals surface area contributed by atoms with Crippen LogP contribution in [0.25, 0.3) is 0 Å². The van der Waals surface area contributed by atoms with E-state index in [-0.39, 0.29) is 0 Å². The van der Waals surface area contributed by atoms with Crippen LogP contribution in [0, 0.1) is 0 Å². The van der Waals surface area contributed by atoms with Crippen molar-refractivity contribution in [2.75, 3.05) is 0 Å². The lowest BCUT2D eigenvalue weighted by Gasteiger charge is -2.12. The number of aliphatic hydroxyl groups excluding tert-OH is 1. The van der Waals surface area contributed by atoms with Crippen LogP contribution in [-0.2, 0) is 17.6 Å². The average Bonchev–Trinajstić information content (AvgIpc) is 2.31. The third-order valence-corrected chi connectivity index (χ3v) is 2.82. The summed E-state index contributed by atoms with van der Waals surface area (Å²) in [7, 11) is 0. The van der Waals surface area contributed by atoms with Crippen LogP contribution >= 0.6 is 0 Å². The van der Waals surface area contributed by atoms with Gasteiger partial charge in [0.05, 0.1) is 0 Å². The summed E-state index contributed by atoms with van der Waals surface area (Å²) in [5.41, 5.74) is 2.89. The molecule has 0 aliphatic carbocycles. The number of aryl methyl sites for hydroxylation is 2. The number of carboxylic acid groups (broad SMARTS) is 1. The second-order valence-corrected chi connectivity index (χ2v) is 4.27. The highest BCUT2D eigenvalue weighted by atomic mass is 16.4. The smallest absolute Gasteiger partial charge is 0.337 e. The zero-order chi connectivity index (χ0) is 12.8. The second-order valence-electron chi connectivity index (χ2n) is 4.27. The summed E-state index contributed by atoms with van der Waals surface area (Å²) in [6.45, 7) is 4.21. The molecule has 0 unspecified atom stereocenters. The molecule has 1 atom stereocenters. The molecule has 0 aromatic heterocycles. The number of aliphatic hydroxyl groups is 1. The number of hydrogen-bond donors (Lipinski definition) is 2. The van der Waals surface area contributed by atoms with E-state index in [1.54, 1.807) is 6.07 Å². The number of aliphatic carboxylic acids is 1. The fourth-order valence-electron chi connectivity index (χ4n) is 1.97. The first kappa shape index (κ1) is 13.7. The van der Waals surface area contributed by atoms with Crippen molar-refractivity contribution in [3.8, 4) is 0 Å². The Morgan fingerprint density at radius 2 is 1.76 bits per heavy atom. The Bertz CT molecular complexity index is 385. The minimum absolute atomic E-state index is 0.473. The highest BCUT2D eigenvalue weighted by Crippen LogP contribution is 2.20. The molecule has 3 nitrogen and oxygen atoms in total. The lowest BCUT2D eigenvalue weighted by molar-refractivity contribution is -0.146. The first-order valence-corrected chi connectivity index (χ1v) is 6.12. The number of benzene rings is 1. The van der Waals surface area contributed by atoms with Crippen LogP contribution in [0.5, 0.6) is 0 Å². The van der Waals surface area contributed by atoms with E-state index < -0.39 is 12.1 Å². The molecule has 94 valence electrons. The largest absolute Gasteiger partial charge is 0.479 e. The Hall–Kier alpha value is -1.35. The summed E-state index contributed by atoms with van der Waals surface area (Å²) in [6, 6.07) is 5.48. The lowest BCUT2D eigenvalue weighted by Crippen LogP contribution is -2.11. The molecule has 1 aromatic rings. The Morgan fingerprint density at radius 3 is 2.29 bits per heavy atom. The number of hydrogen-bond acceptors (Lipinski definition) is 2. The van der Waals surface area contributed by atoms with Crippen LogP contribution in [-0.4, -0.2) is 16.2 Å². The zero-order valence-electron chi connectivity index (χ0n) is 10.4. The maximum atomic E-state index is 10.7. The number of carbonyl (C=O) groups is 1. The van der Waals surface area contributed by atoms with Gasteiger partial charge in [-0.25, -0.2) is 4.79 Å². The average molecular weight is 236 g/mol.